The van der Waals surface area contributed by atoms with Gasteiger partial charge in [0.25, 0.3) is 0 Å². The van der Waals surface area contributed by atoms with Gasteiger partial charge >= 0.3 is 0 Å². The molecule has 0 heterocycles. The number of sulfonamides is 1. The maximum Gasteiger partial charge on any atom is 0.244 e. The number of nitrogens with one attached hydrogen (secondary N) is 1. The van der Waals surface area contributed by atoms with Crippen LogP contribution in [0.5, 0.6) is 5.75 Å². The summed E-state index contributed by atoms with van der Waals surface area (Å²) in [5, 5.41) is 2.72. The fourth-order valence-corrected chi connectivity index (χ4v) is 4.57. The predicted molar refractivity (Wildman–Crippen MR) is 133 cm³/mol. The molecule has 2 aromatic carbocycles. The molecule has 0 saturated heterocycles. The second-order valence-electron chi connectivity index (χ2n) is 7.39. The van der Waals surface area contributed by atoms with E-state index in [4.69, 9.17) is 4.74 Å². The number of carbonyl (C=O) groups is 2. The molecule has 0 radical (unpaired) electrons. The molecular formula is C23H30BrN3O5S. The summed E-state index contributed by atoms with van der Waals surface area (Å²) in [5.74, 6) is -0.472. The lowest BCUT2D eigenvalue weighted by molar-refractivity contribution is -0.139. The smallest absolute Gasteiger partial charge is 0.244 e. The van der Waals surface area contributed by atoms with Crippen molar-refractivity contribution >= 4 is 43.5 Å². The van der Waals surface area contributed by atoms with Crippen LogP contribution in [-0.4, -0.2) is 57.1 Å². The summed E-state index contributed by atoms with van der Waals surface area (Å²) in [7, 11) is -3.83. The Kier molecular flexibility index (Phi) is 9.72. The van der Waals surface area contributed by atoms with Gasteiger partial charge < -0.3 is 15.0 Å². The van der Waals surface area contributed by atoms with Gasteiger partial charge in [0.05, 0.1) is 18.6 Å². The predicted octanol–water partition coefficient (Wildman–Crippen LogP) is 3.17. The molecule has 2 rings (SSSR count). The number of nitrogens with zero attached hydrogens (tertiary/aromatic N) is 2. The van der Waals surface area contributed by atoms with Crippen LogP contribution in [0, 0.1) is 0 Å². The number of halogens is 1. The number of rotatable bonds is 11. The van der Waals surface area contributed by atoms with E-state index in [9.17, 15) is 18.0 Å². The summed E-state index contributed by atoms with van der Waals surface area (Å²) in [4.78, 5) is 27.4. The van der Waals surface area contributed by atoms with E-state index >= 15 is 0 Å². The molecule has 2 aromatic rings. The van der Waals surface area contributed by atoms with Crippen molar-refractivity contribution in [1.29, 1.82) is 0 Å². The Morgan fingerprint density at radius 1 is 1.12 bits per heavy atom. The van der Waals surface area contributed by atoms with Crippen LogP contribution in [0.4, 0.5) is 5.69 Å². The summed E-state index contributed by atoms with van der Waals surface area (Å²) in [6, 6.07) is 13.2. The molecule has 2 amide bonds. The lowest BCUT2D eigenvalue weighted by atomic mass is 10.1. The molecule has 33 heavy (non-hydrogen) atoms. The van der Waals surface area contributed by atoms with Crippen molar-refractivity contribution in [3.8, 4) is 5.75 Å². The Hall–Kier alpha value is -2.59. The van der Waals surface area contributed by atoms with Gasteiger partial charge in [-0.05, 0) is 50.6 Å². The first-order chi connectivity index (χ1) is 15.6. The van der Waals surface area contributed by atoms with Gasteiger partial charge in [0.1, 0.15) is 18.3 Å². The third-order valence-corrected chi connectivity index (χ3v) is 6.49. The Morgan fingerprint density at radius 2 is 1.82 bits per heavy atom. The monoisotopic (exact) mass is 539 g/mol. The zero-order chi connectivity index (χ0) is 24.6. The van der Waals surface area contributed by atoms with Crippen LogP contribution in [0.1, 0.15) is 26.3 Å². The van der Waals surface area contributed by atoms with Crippen molar-refractivity contribution in [1.82, 2.24) is 10.2 Å². The molecule has 180 valence electrons. The van der Waals surface area contributed by atoms with E-state index in [0.717, 1.165) is 20.6 Å². The van der Waals surface area contributed by atoms with Gasteiger partial charge in [-0.15, -0.1) is 0 Å². The number of ether oxygens (including phenoxy) is 1. The van der Waals surface area contributed by atoms with E-state index in [1.807, 2.05) is 24.3 Å². The third-order valence-electron chi connectivity index (χ3n) is 4.87. The Morgan fingerprint density at radius 3 is 2.42 bits per heavy atom. The third kappa shape index (κ3) is 7.46. The molecule has 0 aliphatic heterocycles. The van der Waals surface area contributed by atoms with Gasteiger partial charge in [-0.1, -0.05) is 40.2 Å². The number of benzene rings is 2. The molecule has 0 aromatic heterocycles. The molecule has 0 aliphatic carbocycles. The number of likely N-dealkylation sites (N-methyl/N-ethyl adjacent to an activating group) is 1. The van der Waals surface area contributed by atoms with Crippen molar-refractivity contribution in [2.45, 2.75) is 33.4 Å². The molecule has 10 heteroatoms. The van der Waals surface area contributed by atoms with Gasteiger partial charge in [0, 0.05) is 17.6 Å². The van der Waals surface area contributed by atoms with E-state index in [2.05, 4.69) is 21.2 Å². The molecule has 0 aliphatic rings. The highest BCUT2D eigenvalue weighted by atomic mass is 79.9. The van der Waals surface area contributed by atoms with E-state index in [-0.39, 0.29) is 18.1 Å². The Bertz CT molecular complexity index is 1080. The van der Waals surface area contributed by atoms with Gasteiger partial charge in [-0.2, -0.15) is 0 Å². The SMILES string of the molecule is CCNC(=O)[C@H](C)N(Cc1cccc(Br)c1)C(=O)CN(c1ccccc1OCC)S(C)(=O)=O. The average molecular weight is 540 g/mol. The number of anilines is 1. The fourth-order valence-electron chi connectivity index (χ4n) is 3.27. The average Bonchev–Trinajstić information content (AvgIpc) is 2.75. The van der Waals surface area contributed by atoms with E-state index in [1.165, 1.54) is 4.90 Å². The van der Waals surface area contributed by atoms with E-state index in [1.54, 1.807) is 45.0 Å². The molecule has 0 fully saturated rings. The first-order valence-electron chi connectivity index (χ1n) is 10.6. The molecular weight excluding hydrogens is 510 g/mol. The fraction of sp³-hybridized carbons (Fsp3) is 0.391. The van der Waals surface area contributed by atoms with E-state index < -0.39 is 28.5 Å². The number of para-hydroxylation sites is 2. The number of carbonyl (C=O) groups excluding carboxylic acids is 2. The molecule has 0 unspecified atom stereocenters. The van der Waals surface area contributed by atoms with Crippen molar-refractivity contribution in [2.24, 2.45) is 0 Å². The quantitative estimate of drug-likeness (QED) is 0.473. The second kappa shape index (κ2) is 12.0. The van der Waals surface area contributed by atoms with Gasteiger partial charge in [0.2, 0.25) is 21.8 Å². The number of hydrogen-bond donors (Lipinski definition) is 1. The Balaban J connectivity index is 2.43. The topological polar surface area (TPSA) is 96.0 Å². The summed E-state index contributed by atoms with van der Waals surface area (Å²) in [5.41, 5.74) is 1.07. The van der Waals surface area contributed by atoms with Crippen LogP contribution in [0.3, 0.4) is 0 Å². The highest BCUT2D eigenvalue weighted by Gasteiger charge is 2.31. The lowest BCUT2D eigenvalue weighted by Crippen LogP contribution is -2.51. The first-order valence-corrected chi connectivity index (χ1v) is 13.2. The first kappa shape index (κ1) is 26.7. The van der Waals surface area contributed by atoms with Crippen molar-refractivity contribution < 1.29 is 22.7 Å². The number of amides is 2. The molecule has 0 bridgehead atoms. The molecule has 1 N–H and O–H groups in total. The van der Waals surface area contributed by atoms with Crippen LogP contribution in [0.2, 0.25) is 0 Å². The molecule has 1 atom stereocenters. The minimum Gasteiger partial charge on any atom is -0.492 e. The molecule has 0 spiro atoms. The van der Waals surface area contributed by atoms with Crippen LogP contribution in [0.25, 0.3) is 0 Å². The van der Waals surface area contributed by atoms with Crippen LogP contribution >= 0.6 is 15.9 Å². The van der Waals surface area contributed by atoms with E-state index in [0.29, 0.717) is 18.9 Å². The van der Waals surface area contributed by atoms with Gasteiger partial charge in [-0.25, -0.2) is 8.42 Å². The van der Waals surface area contributed by atoms with Gasteiger partial charge in [-0.3, -0.25) is 13.9 Å². The highest BCUT2D eigenvalue weighted by molar-refractivity contribution is 9.10. The minimum absolute atomic E-state index is 0.140. The maximum atomic E-state index is 13.5. The Labute approximate surface area is 204 Å². The molecule has 0 saturated carbocycles. The van der Waals surface area contributed by atoms with Gasteiger partial charge in [0.15, 0.2) is 0 Å². The van der Waals surface area contributed by atoms with Crippen molar-refractivity contribution in [3.05, 3.63) is 58.6 Å². The molecule has 8 nitrogen and oxygen atoms in total. The highest BCUT2D eigenvalue weighted by Crippen LogP contribution is 2.30. The lowest BCUT2D eigenvalue weighted by Gasteiger charge is -2.31. The largest absolute Gasteiger partial charge is 0.492 e. The van der Waals surface area contributed by atoms with Crippen LogP contribution < -0.4 is 14.4 Å². The summed E-state index contributed by atoms with van der Waals surface area (Å²) in [6.45, 7) is 5.63. The zero-order valence-electron chi connectivity index (χ0n) is 19.2. The minimum atomic E-state index is -3.83. The summed E-state index contributed by atoms with van der Waals surface area (Å²) < 4.78 is 32.8. The summed E-state index contributed by atoms with van der Waals surface area (Å²) >= 11 is 3.42. The van der Waals surface area contributed by atoms with Crippen LogP contribution in [0.15, 0.2) is 53.0 Å². The standard InChI is InChI=1S/C23H30BrN3O5S/c1-5-25-23(29)17(3)26(15-18-10-9-11-19(24)14-18)22(28)16-27(33(4,30)31)20-12-7-8-13-21(20)32-6-2/h7-14,17H,5-6,15-16H2,1-4H3,(H,25,29)/t17-/m0/s1. The summed E-state index contributed by atoms with van der Waals surface area (Å²) in [6.07, 6.45) is 1.04. The number of hydrogen-bond acceptors (Lipinski definition) is 5. The van der Waals surface area contributed by atoms with Crippen molar-refractivity contribution in [2.75, 3.05) is 30.3 Å². The normalized spacial score (nSPS) is 12.0. The maximum absolute atomic E-state index is 13.5. The zero-order valence-corrected chi connectivity index (χ0v) is 21.6. The van der Waals surface area contributed by atoms with Crippen molar-refractivity contribution in [3.63, 3.8) is 0 Å². The van der Waals surface area contributed by atoms with Crippen LogP contribution in [-0.2, 0) is 26.2 Å². The second-order valence-corrected chi connectivity index (χ2v) is 10.2.